The molecule has 0 N–H and O–H groups in total. The number of aromatic nitrogens is 2. The summed E-state index contributed by atoms with van der Waals surface area (Å²) in [7, 11) is 0. The Hall–Kier alpha value is -4.82. The van der Waals surface area contributed by atoms with Crippen molar-refractivity contribution >= 4 is 32.6 Å². The summed E-state index contributed by atoms with van der Waals surface area (Å²) >= 11 is 0. The third kappa shape index (κ3) is 3.75. The molecular formula is C35H24N2. The van der Waals surface area contributed by atoms with Gasteiger partial charge in [0.05, 0.1) is 22.9 Å². The van der Waals surface area contributed by atoms with Crippen molar-refractivity contribution in [2.24, 2.45) is 0 Å². The summed E-state index contributed by atoms with van der Waals surface area (Å²) < 4.78 is 0. The minimum atomic E-state index is 0.881. The van der Waals surface area contributed by atoms with Gasteiger partial charge in [-0.25, -0.2) is 4.98 Å². The zero-order valence-corrected chi connectivity index (χ0v) is 20.5. The van der Waals surface area contributed by atoms with Crippen LogP contribution in [0.2, 0.25) is 0 Å². The second-order valence-corrected chi connectivity index (χ2v) is 9.57. The molecule has 7 rings (SSSR count). The molecule has 0 fully saturated rings. The molecule has 0 aliphatic rings. The van der Waals surface area contributed by atoms with E-state index in [1.807, 2.05) is 6.20 Å². The van der Waals surface area contributed by atoms with Gasteiger partial charge in [0.25, 0.3) is 0 Å². The zero-order chi connectivity index (χ0) is 24.8. The Morgan fingerprint density at radius 1 is 0.432 bits per heavy atom. The molecule has 2 heteroatoms. The molecule has 0 spiro atoms. The van der Waals surface area contributed by atoms with E-state index in [0.29, 0.717) is 0 Å². The first-order valence-corrected chi connectivity index (χ1v) is 12.6. The molecule has 6 aromatic carbocycles. The SMILES string of the molecule is Cc1cccc(-c2ccc(-c3cccc(-c4cnc5c6ccccc6c6ccccc6c5n4)c3)cc2)c1. The maximum Gasteiger partial charge on any atom is 0.0979 e. The van der Waals surface area contributed by atoms with Gasteiger partial charge < -0.3 is 0 Å². The number of nitrogens with zero attached hydrogens (tertiary/aromatic N) is 2. The fraction of sp³-hybridized carbons (Fsp3) is 0.0286. The van der Waals surface area contributed by atoms with E-state index in [2.05, 4.69) is 128 Å². The molecule has 0 radical (unpaired) electrons. The Balaban J connectivity index is 1.32. The molecule has 1 heterocycles. The first-order chi connectivity index (χ1) is 18.2. The largest absolute Gasteiger partial charge is 0.252 e. The summed E-state index contributed by atoms with van der Waals surface area (Å²) in [5.41, 5.74) is 9.92. The smallest absolute Gasteiger partial charge is 0.0979 e. The van der Waals surface area contributed by atoms with Gasteiger partial charge in [-0.15, -0.1) is 0 Å². The van der Waals surface area contributed by atoms with Crippen LogP contribution in [-0.4, -0.2) is 9.97 Å². The summed E-state index contributed by atoms with van der Waals surface area (Å²) in [5, 5.41) is 4.69. The molecule has 0 aliphatic heterocycles. The normalized spacial score (nSPS) is 11.4. The first kappa shape index (κ1) is 21.5. The summed E-state index contributed by atoms with van der Waals surface area (Å²) in [6, 6.07) is 42.9. The van der Waals surface area contributed by atoms with Crippen molar-refractivity contribution in [1.29, 1.82) is 0 Å². The van der Waals surface area contributed by atoms with Crippen molar-refractivity contribution in [3.05, 3.63) is 133 Å². The van der Waals surface area contributed by atoms with Crippen molar-refractivity contribution in [1.82, 2.24) is 9.97 Å². The minimum absolute atomic E-state index is 0.881. The molecule has 0 saturated carbocycles. The number of hydrogen-bond donors (Lipinski definition) is 0. The van der Waals surface area contributed by atoms with Crippen molar-refractivity contribution in [2.75, 3.05) is 0 Å². The topological polar surface area (TPSA) is 25.8 Å². The molecule has 1 aromatic heterocycles. The monoisotopic (exact) mass is 472 g/mol. The van der Waals surface area contributed by atoms with Gasteiger partial charge in [-0.05, 0) is 46.0 Å². The number of aryl methyl sites for hydroxylation is 1. The standard InChI is InChI=1S/C35H24N2/c1-23-8-6-9-26(20-23)24-16-18-25(19-17-24)27-10-7-11-28(21-27)33-22-36-34-31-14-4-2-12-29(31)30-13-3-5-15-32(30)35(34)37-33/h2-22H,1H3. The highest BCUT2D eigenvalue weighted by molar-refractivity contribution is 6.23. The third-order valence-corrected chi connectivity index (χ3v) is 7.16. The van der Waals surface area contributed by atoms with Crippen LogP contribution in [0.4, 0.5) is 0 Å². The Morgan fingerprint density at radius 2 is 0.973 bits per heavy atom. The van der Waals surface area contributed by atoms with E-state index in [4.69, 9.17) is 9.97 Å². The van der Waals surface area contributed by atoms with E-state index in [9.17, 15) is 0 Å². The lowest BCUT2D eigenvalue weighted by atomic mass is 9.97. The minimum Gasteiger partial charge on any atom is -0.252 e. The highest BCUT2D eigenvalue weighted by Gasteiger charge is 2.12. The zero-order valence-electron chi connectivity index (χ0n) is 20.5. The first-order valence-electron chi connectivity index (χ1n) is 12.6. The fourth-order valence-corrected chi connectivity index (χ4v) is 5.30. The van der Waals surface area contributed by atoms with E-state index >= 15 is 0 Å². The van der Waals surface area contributed by atoms with E-state index in [0.717, 1.165) is 33.1 Å². The molecule has 37 heavy (non-hydrogen) atoms. The molecule has 0 atom stereocenters. The Morgan fingerprint density at radius 3 is 1.62 bits per heavy atom. The quantitative estimate of drug-likeness (QED) is 0.240. The number of hydrogen-bond acceptors (Lipinski definition) is 2. The van der Waals surface area contributed by atoms with Crippen LogP contribution >= 0.6 is 0 Å². The summed E-state index contributed by atoms with van der Waals surface area (Å²) in [5.74, 6) is 0. The lowest BCUT2D eigenvalue weighted by Gasteiger charge is -2.11. The summed E-state index contributed by atoms with van der Waals surface area (Å²) in [4.78, 5) is 10.1. The lowest BCUT2D eigenvalue weighted by molar-refractivity contribution is 1.31. The maximum absolute atomic E-state index is 5.16. The molecule has 0 aliphatic carbocycles. The second-order valence-electron chi connectivity index (χ2n) is 9.57. The Kier molecular flexibility index (Phi) is 5.04. The van der Waals surface area contributed by atoms with E-state index in [-0.39, 0.29) is 0 Å². The van der Waals surface area contributed by atoms with Crippen LogP contribution in [0, 0.1) is 6.92 Å². The average molecular weight is 473 g/mol. The molecule has 2 nitrogen and oxygen atoms in total. The van der Waals surface area contributed by atoms with E-state index in [1.165, 1.54) is 38.6 Å². The maximum atomic E-state index is 5.16. The lowest BCUT2D eigenvalue weighted by Crippen LogP contribution is -1.92. The van der Waals surface area contributed by atoms with Crippen LogP contribution in [0.25, 0.3) is 66.1 Å². The van der Waals surface area contributed by atoms with Crippen molar-refractivity contribution in [3.8, 4) is 33.5 Å². The van der Waals surface area contributed by atoms with E-state index < -0.39 is 0 Å². The van der Waals surface area contributed by atoms with Crippen LogP contribution in [0.3, 0.4) is 0 Å². The Labute approximate surface area is 215 Å². The molecule has 0 amide bonds. The van der Waals surface area contributed by atoms with Crippen LogP contribution in [0.1, 0.15) is 5.56 Å². The van der Waals surface area contributed by atoms with Crippen LogP contribution in [0.15, 0.2) is 128 Å². The molecular weight excluding hydrogens is 448 g/mol. The van der Waals surface area contributed by atoms with Gasteiger partial charge >= 0.3 is 0 Å². The van der Waals surface area contributed by atoms with Gasteiger partial charge in [-0.2, -0.15) is 0 Å². The van der Waals surface area contributed by atoms with Gasteiger partial charge in [0.2, 0.25) is 0 Å². The highest BCUT2D eigenvalue weighted by Crippen LogP contribution is 2.34. The predicted molar refractivity (Wildman–Crippen MR) is 156 cm³/mol. The molecule has 0 bridgehead atoms. The van der Waals surface area contributed by atoms with Crippen molar-refractivity contribution in [2.45, 2.75) is 6.92 Å². The van der Waals surface area contributed by atoms with Gasteiger partial charge in [0.1, 0.15) is 0 Å². The average Bonchev–Trinajstić information content (AvgIpc) is 2.97. The fourth-order valence-electron chi connectivity index (χ4n) is 5.30. The van der Waals surface area contributed by atoms with Gasteiger partial charge in [-0.3, -0.25) is 4.98 Å². The van der Waals surface area contributed by atoms with Gasteiger partial charge in [0.15, 0.2) is 0 Å². The molecule has 7 aromatic rings. The summed E-state index contributed by atoms with van der Waals surface area (Å²) in [6.07, 6.45) is 1.91. The Bertz CT molecular complexity index is 1900. The van der Waals surface area contributed by atoms with Crippen molar-refractivity contribution < 1.29 is 0 Å². The third-order valence-electron chi connectivity index (χ3n) is 7.16. The highest BCUT2D eigenvalue weighted by atomic mass is 14.8. The predicted octanol–water partition coefficient (Wildman–Crippen LogP) is 9.25. The number of rotatable bonds is 3. The number of benzene rings is 6. The number of fused-ring (bicyclic) bond motifs is 6. The van der Waals surface area contributed by atoms with Gasteiger partial charge in [0, 0.05) is 16.3 Å². The molecule has 174 valence electrons. The van der Waals surface area contributed by atoms with Crippen LogP contribution < -0.4 is 0 Å². The van der Waals surface area contributed by atoms with Gasteiger partial charge in [-0.1, -0.05) is 121 Å². The van der Waals surface area contributed by atoms with Crippen LogP contribution in [-0.2, 0) is 0 Å². The van der Waals surface area contributed by atoms with E-state index in [1.54, 1.807) is 0 Å². The van der Waals surface area contributed by atoms with Crippen LogP contribution in [0.5, 0.6) is 0 Å². The molecule has 0 saturated heterocycles. The second kappa shape index (κ2) is 8.69. The molecule has 0 unspecified atom stereocenters. The summed E-state index contributed by atoms with van der Waals surface area (Å²) in [6.45, 7) is 2.13. The van der Waals surface area contributed by atoms with Crippen molar-refractivity contribution in [3.63, 3.8) is 0 Å².